The van der Waals surface area contributed by atoms with Crippen LogP contribution in [0, 0.1) is 0 Å². The van der Waals surface area contributed by atoms with E-state index in [1.165, 1.54) is 28.7 Å². The molecular formula is C17H14Br2O. The fraction of sp³-hybridized carbons (Fsp3) is 0.294. The molecule has 3 heteroatoms. The van der Waals surface area contributed by atoms with E-state index in [0.717, 1.165) is 28.4 Å². The van der Waals surface area contributed by atoms with Crippen molar-refractivity contribution in [2.45, 2.75) is 24.9 Å². The van der Waals surface area contributed by atoms with Crippen LogP contribution in [-0.4, -0.2) is 6.61 Å². The number of ether oxygens (including phenoxy) is 1. The molecular weight excluding hydrogens is 380 g/mol. The Balaban J connectivity index is 2.03. The SMILES string of the molecule is Brc1ccc2c(c1)C1(CCCCO1)c1cc(Br)ccc1-2. The zero-order chi connectivity index (χ0) is 13.7. The fourth-order valence-corrected chi connectivity index (χ4v) is 4.26. The van der Waals surface area contributed by atoms with Crippen molar-refractivity contribution < 1.29 is 4.74 Å². The molecule has 0 unspecified atom stereocenters. The third kappa shape index (κ3) is 1.76. The van der Waals surface area contributed by atoms with Crippen LogP contribution in [0.5, 0.6) is 0 Å². The lowest BCUT2D eigenvalue weighted by molar-refractivity contribution is -0.0502. The molecule has 1 nitrogen and oxygen atoms in total. The first-order chi connectivity index (χ1) is 9.71. The molecule has 0 radical (unpaired) electrons. The van der Waals surface area contributed by atoms with E-state index < -0.39 is 0 Å². The number of fused-ring (bicyclic) bond motifs is 5. The Bertz CT molecular complexity index is 634. The third-order valence-corrected chi connectivity index (χ3v) is 5.38. The molecule has 2 aliphatic rings. The monoisotopic (exact) mass is 392 g/mol. The molecule has 1 aliphatic heterocycles. The largest absolute Gasteiger partial charge is 0.365 e. The first kappa shape index (κ1) is 13.1. The lowest BCUT2D eigenvalue weighted by Gasteiger charge is -2.36. The van der Waals surface area contributed by atoms with Crippen LogP contribution in [0.4, 0.5) is 0 Å². The van der Waals surface area contributed by atoms with Crippen molar-refractivity contribution in [2.24, 2.45) is 0 Å². The Morgan fingerprint density at radius 1 is 0.850 bits per heavy atom. The highest BCUT2D eigenvalue weighted by Crippen LogP contribution is 2.54. The summed E-state index contributed by atoms with van der Waals surface area (Å²) in [5.74, 6) is 0. The van der Waals surface area contributed by atoms with Gasteiger partial charge in [0.05, 0.1) is 0 Å². The molecule has 1 saturated heterocycles. The average molecular weight is 394 g/mol. The van der Waals surface area contributed by atoms with Crippen LogP contribution in [0.25, 0.3) is 11.1 Å². The molecule has 1 aliphatic carbocycles. The normalized spacial score (nSPS) is 18.9. The fourth-order valence-electron chi connectivity index (χ4n) is 3.54. The highest BCUT2D eigenvalue weighted by molar-refractivity contribution is 9.10. The van der Waals surface area contributed by atoms with Gasteiger partial charge in [-0.15, -0.1) is 0 Å². The van der Waals surface area contributed by atoms with E-state index in [2.05, 4.69) is 68.3 Å². The van der Waals surface area contributed by atoms with Crippen LogP contribution in [0.2, 0.25) is 0 Å². The quantitative estimate of drug-likeness (QED) is 0.563. The Labute approximate surface area is 135 Å². The van der Waals surface area contributed by atoms with Crippen molar-refractivity contribution in [3.05, 3.63) is 56.5 Å². The lowest BCUT2D eigenvalue weighted by Crippen LogP contribution is -2.32. The molecule has 0 aromatic heterocycles. The maximum absolute atomic E-state index is 6.35. The summed E-state index contributed by atoms with van der Waals surface area (Å²) in [5.41, 5.74) is 5.03. The predicted octanol–water partition coefficient (Wildman–Crippen LogP) is 5.64. The third-order valence-electron chi connectivity index (χ3n) is 4.40. The Morgan fingerprint density at radius 2 is 1.45 bits per heavy atom. The molecule has 0 amide bonds. The van der Waals surface area contributed by atoms with Crippen LogP contribution in [-0.2, 0) is 10.3 Å². The minimum Gasteiger partial charge on any atom is -0.365 e. The van der Waals surface area contributed by atoms with Gasteiger partial charge in [0.1, 0.15) is 5.60 Å². The highest BCUT2D eigenvalue weighted by Gasteiger charge is 2.45. The summed E-state index contributed by atoms with van der Waals surface area (Å²) >= 11 is 7.22. The predicted molar refractivity (Wildman–Crippen MR) is 87.9 cm³/mol. The van der Waals surface area contributed by atoms with E-state index in [0.29, 0.717) is 0 Å². The first-order valence-electron chi connectivity index (χ1n) is 6.95. The van der Waals surface area contributed by atoms with E-state index in [1.807, 2.05) is 0 Å². The molecule has 20 heavy (non-hydrogen) atoms. The zero-order valence-electron chi connectivity index (χ0n) is 11.0. The average Bonchev–Trinajstić information content (AvgIpc) is 2.70. The Hall–Kier alpha value is -0.640. The summed E-state index contributed by atoms with van der Waals surface area (Å²) < 4.78 is 8.59. The maximum Gasteiger partial charge on any atom is 0.119 e. The lowest BCUT2D eigenvalue weighted by atomic mass is 9.84. The van der Waals surface area contributed by atoms with Gasteiger partial charge >= 0.3 is 0 Å². The van der Waals surface area contributed by atoms with Gasteiger partial charge in [-0.25, -0.2) is 0 Å². The van der Waals surface area contributed by atoms with Gasteiger partial charge in [-0.2, -0.15) is 0 Å². The molecule has 0 saturated carbocycles. The second kappa shape index (κ2) is 4.69. The Morgan fingerprint density at radius 3 is 1.95 bits per heavy atom. The molecule has 0 N–H and O–H groups in total. The van der Waals surface area contributed by atoms with Crippen LogP contribution in [0.1, 0.15) is 30.4 Å². The van der Waals surface area contributed by atoms with Crippen molar-refractivity contribution in [1.29, 1.82) is 0 Å². The van der Waals surface area contributed by atoms with E-state index in [1.54, 1.807) is 0 Å². The molecule has 2 aromatic rings. The first-order valence-corrected chi connectivity index (χ1v) is 8.54. The number of rotatable bonds is 0. The maximum atomic E-state index is 6.35. The molecule has 2 aromatic carbocycles. The molecule has 1 spiro atoms. The van der Waals surface area contributed by atoms with Crippen LogP contribution in [0.3, 0.4) is 0 Å². The van der Waals surface area contributed by atoms with Gasteiger partial charge in [0, 0.05) is 15.6 Å². The standard InChI is InChI=1S/C17H14Br2O/c18-11-3-5-13-14-6-4-12(19)10-16(14)17(15(13)9-11)7-1-2-8-20-17/h3-6,9-10H,1-2,7-8H2. The number of hydrogen-bond acceptors (Lipinski definition) is 1. The van der Waals surface area contributed by atoms with Crippen LogP contribution >= 0.6 is 31.9 Å². The number of benzene rings is 2. The molecule has 1 fully saturated rings. The summed E-state index contributed by atoms with van der Waals surface area (Å²) in [7, 11) is 0. The number of halogens is 2. The van der Waals surface area contributed by atoms with Crippen molar-refractivity contribution >= 4 is 31.9 Å². The van der Waals surface area contributed by atoms with Gasteiger partial charge in [0.25, 0.3) is 0 Å². The minimum atomic E-state index is -0.240. The Kier molecular flexibility index (Phi) is 3.06. The smallest absolute Gasteiger partial charge is 0.119 e. The summed E-state index contributed by atoms with van der Waals surface area (Å²) in [6, 6.07) is 13.1. The van der Waals surface area contributed by atoms with Gasteiger partial charge in [-0.3, -0.25) is 0 Å². The summed E-state index contributed by atoms with van der Waals surface area (Å²) in [6.45, 7) is 0.845. The van der Waals surface area contributed by atoms with Crippen LogP contribution < -0.4 is 0 Å². The van der Waals surface area contributed by atoms with E-state index in [-0.39, 0.29) is 5.60 Å². The van der Waals surface area contributed by atoms with Gasteiger partial charge in [0.15, 0.2) is 0 Å². The molecule has 102 valence electrons. The van der Waals surface area contributed by atoms with Gasteiger partial charge < -0.3 is 4.74 Å². The van der Waals surface area contributed by atoms with E-state index in [9.17, 15) is 0 Å². The summed E-state index contributed by atoms with van der Waals surface area (Å²) in [5, 5.41) is 0. The van der Waals surface area contributed by atoms with Crippen molar-refractivity contribution in [2.75, 3.05) is 6.61 Å². The van der Waals surface area contributed by atoms with E-state index >= 15 is 0 Å². The van der Waals surface area contributed by atoms with Gasteiger partial charge in [-0.1, -0.05) is 44.0 Å². The molecule has 0 bridgehead atoms. The number of hydrogen-bond donors (Lipinski definition) is 0. The minimum absolute atomic E-state index is 0.240. The van der Waals surface area contributed by atoms with Crippen molar-refractivity contribution in [3.63, 3.8) is 0 Å². The topological polar surface area (TPSA) is 9.23 Å². The van der Waals surface area contributed by atoms with Gasteiger partial charge in [0.2, 0.25) is 0 Å². The summed E-state index contributed by atoms with van der Waals surface area (Å²) in [4.78, 5) is 0. The second-order valence-corrected chi connectivity index (χ2v) is 7.34. The summed E-state index contributed by atoms with van der Waals surface area (Å²) in [6.07, 6.45) is 3.45. The van der Waals surface area contributed by atoms with E-state index in [4.69, 9.17) is 4.74 Å². The molecule has 1 heterocycles. The van der Waals surface area contributed by atoms with Crippen LogP contribution in [0.15, 0.2) is 45.3 Å². The second-order valence-electron chi connectivity index (χ2n) is 5.51. The molecule has 0 atom stereocenters. The van der Waals surface area contributed by atoms with Gasteiger partial charge in [-0.05, 0) is 65.8 Å². The van der Waals surface area contributed by atoms with Crippen molar-refractivity contribution in [3.8, 4) is 11.1 Å². The molecule has 4 rings (SSSR count). The van der Waals surface area contributed by atoms with Crippen molar-refractivity contribution in [1.82, 2.24) is 0 Å². The zero-order valence-corrected chi connectivity index (χ0v) is 14.1. The highest BCUT2D eigenvalue weighted by atomic mass is 79.9.